The summed E-state index contributed by atoms with van der Waals surface area (Å²) in [5, 5.41) is 3.70. The number of aryl methyl sites for hydroxylation is 2. The molecule has 0 unspecified atom stereocenters. The molecule has 2 aliphatic carbocycles. The Hall–Kier alpha value is -0.990. The number of rotatable bonds is 5. The topological polar surface area (TPSA) is 29.9 Å². The maximum Gasteiger partial charge on any atom is 0.203 e. The Balaban J connectivity index is 1.75. The summed E-state index contributed by atoms with van der Waals surface area (Å²) in [5.41, 5.74) is 1.12. The first kappa shape index (κ1) is 10.2. The zero-order valence-electron chi connectivity index (χ0n) is 10.2. The third kappa shape index (κ3) is 1.95. The molecule has 88 valence electrons. The molecule has 2 saturated carbocycles. The Bertz CT molecular complexity index is 363. The van der Waals surface area contributed by atoms with E-state index < -0.39 is 0 Å². The van der Waals surface area contributed by atoms with Gasteiger partial charge >= 0.3 is 0 Å². The van der Waals surface area contributed by atoms with E-state index >= 15 is 0 Å². The number of nitrogens with zero attached hydrogens (tertiary/aromatic N) is 2. The molecule has 3 nitrogen and oxygen atoms in total. The summed E-state index contributed by atoms with van der Waals surface area (Å²) in [6.07, 6.45) is 7.80. The van der Waals surface area contributed by atoms with E-state index in [0.717, 1.165) is 30.0 Å². The molecule has 2 fully saturated rings. The van der Waals surface area contributed by atoms with Crippen LogP contribution in [0.4, 0.5) is 5.95 Å². The monoisotopic (exact) mass is 219 g/mol. The SMILES string of the molecule is CCn1cc(C)nc1NC(C1CC1)C1CC1. The first-order valence-corrected chi connectivity index (χ1v) is 6.58. The van der Waals surface area contributed by atoms with E-state index in [4.69, 9.17) is 0 Å². The van der Waals surface area contributed by atoms with Crippen molar-refractivity contribution >= 4 is 5.95 Å². The van der Waals surface area contributed by atoms with E-state index in [2.05, 4.69) is 34.9 Å². The highest BCUT2D eigenvalue weighted by Gasteiger charge is 2.41. The lowest BCUT2D eigenvalue weighted by atomic mass is 10.1. The smallest absolute Gasteiger partial charge is 0.203 e. The first-order chi connectivity index (χ1) is 7.78. The zero-order chi connectivity index (χ0) is 11.1. The third-order valence-electron chi connectivity index (χ3n) is 3.79. The van der Waals surface area contributed by atoms with Crippen molar-refractivity contribution in [1.82, 2.24) is 9.55 Å². The highest BCUT2D eigenvalue weighted by molar-refractivity contribution is 5.32. The summed E-state index contributed by atoms with van der Waals surface area (Å²) in [6.45, 7) is 5.25. The normalized spacial score (nSPS) is 20.4. The molecule has 0 radical (unpaired) electrons. The van der Waals surface area contributed by atoms with Gasteiger partial charge in [0.15, 0.2) is 0 Å². The molecule has 3 rings (SSSR count). The molecule has 2 aliphatic rings. The molecule has 3 heteroatoms. The number of imidazole rings is 1. The van der Waals surface area contributed by atoms with Crippen LogP contribution in [0.1, 0.15) is 38.3 Å². The lowest BCUT2D eigenvalue weighted by Gasteiger charge is -2.18. The van der Waals surface area contributed by atoms with E-state index in [1.807, 2.05) is 0 Å². The minimum absolute atomic E-state index is 0.701. The standard InChI is InChI=1S/C13H21N3/c1-3-16-8-9(2)14-13(16)15-12(10-4-5-10)11-6-7-11/h8,10-12H,3-7H2,1-2H3,(H,14,15). The second-order valence-electron chi connectivity index (χ2n) is 5.34. The van der Waals surface area contributed by atoms with Gasteiger partial charge in [0.05, 0.1) is 5.69 Å². The molecule has 16 heavy (non-hydrogen) atoms. The number of aromatic nitrogens is 2. The van der Waals surface area contributed by atoms with Crippen LogP contribution in [0.5, 0.6) is 0 Å². The van der Waals surface area contributed by atoms with Gasteiger partial charge in [-0.15, -0.1) is 0 Å². The third-order valence-corrected chi connectivity index (χ3v) is 3.79. The van der Waals surface area contributed by atoms with E-state index in [-0.39, 0.29) is 0 Å². The fourth-order valence-electron chi connectivity index (χ4n) is 2.58. The minimum atomic E-state index is 0.701. The van der Waals surface area contributed by atoms with Gasteiger partial charge in [-0.2, -0.15) is 0 Å². The quantitative estimate of drug-likeness (QED) is 0.825. The lowest BCUT2D eigenvalue weighted by Crippen LogP contribution is -2.26. The summed E-state index contributed by atoms with van der Waals surface area (Å²) < 4.78 is 2.23. The van der Waals surface area contributed by atoms with Crippen LogP contribution < -0.4 is 5.32 Å². The molecule has 0 amide bonds. The van der Waals surface area contributed by atoms with Gasteiger partial charge in [-0.3, -0.25) is 0 Å². The van der Waals surface area contributed by atoms with Crippen molar-refractivity contribution in [2.24, 2.45) is 11.8 Å². The molecule has 1 aromatic heterocycles. The van der Waals surface area contributed by atoms with Crippen LogP contribution in [-0.4, -0.2) is 15.6 Å². The predicted octanol–water partition coefficient (Wildman–Crippen LogP) is 2.81. The largest absolute Gasteiger partial charge is 0.352 e. The van der Waals surface area contributed by atoms with Gasteiger partial charge in [0.25, 0.3) is 0 Å². The maximum absolute atomic E-state index is 4.59. The first-order valence-electron chi connectivity index (χ1n) is 6.58. The van der Waals surface area contributed by atoms with Crippen molar-refractivity contribution < 1.29 is 0 Å². The Morgan fingerprint density at radius 1 is 1.38 bits per heavy atom. The van der Waals surface area contributed by atoms with Crippen LogP contribution in [0.2, 0.25) is 0 Å². The van der Waals surface area contributed by atoms with Crippen LogP contribution in [0.3, 0.4) is 0 Å². The Kier molecular flexibility index (Phi) is 2.41. The van der Waals surface area contributed by atoms with Crippen LogP contribution >= 0.6 is 0 Å². The fraction of sp³-hybridized carbons (Fsp3) is 0.769. The van der Waals surface area contributed by atoms with Crippen molar-refractivity contribution in [3.63, 3.8) is 0 Å². The molecule has 1 heterocycles. The number of anilines is 1. The van der Waals surface area contributed by atoms with E-state index in [9.17, 15) is 0 Å². The average molecular weight is 219 g/mol. The van der Waals surface area contributed by atoms with Gasteiger partial charge in [0.1, 0.15) is 0 Å². The predicted molar refractivity (Wildman–Crippen MR) is 65.5 cm³/mol. The minimum Gasteiger partial charge on any atom is -0.352 e. The Labute approximate surface area is 97.3 Å². The van der Waals surface area contributed by atoms with Crippen molar-refractivity contribution in [2.75, 3.05) is 5.32 Å². The molecule has 0 atom stereocenters. The van der Waals surface area contributed by atoms with Gasteiger partial charge in [-0.25, -0.2) is 4.98 Å². The van der Waals surface area contributed by atoms with E-state index in [1.165, 1.54) is 25.7 Å². The number of nitrogens with one attached hydrogen (secondary N) is 1. The molecule has 1 aromatic rings. The van der Waals surface area contributed by atoms with Crippen molar-refractivity contribution in [3.8, 4) is 0 Å². The van der Waals surface area contributed by atoms with Crippen molar-refractivity contribution in [1.29, 1.82) is 0 Å². The van der Waals surface area contributed by atoms with Gasteiger partial charge in [-0.1, -0.05) is 0 Å². The summed E-state index contributed by atoms with van der Waals surface area (Å²) in [7, 11) is 0. The molecule has 0 spiro atoms. The fourth-order valence-corrected chi connectivity index (χ4v) is 2.58. The Morgan fingerprint density at radius 3 is 2.50 bits per heavy atom. The van der Waals surface area contributed by atoms with Gasteiger partial charge in [0, 0.05) is 18.8 Å². The molecule has 1 N–H and O–H groups in total. The molecular formula is C13H21N3. The van der Waals surface area contributed by atoms with Gasteiger partial charge in [-0.05, 0) is 51.4 Å². The van der Waals surface area contributed by atoms with Crippen molar-refractivity contribution in [3.05, 3.63) is 11.9 Å². The number of hydrogen-bond acceptors (Lipinski definition) is 2. The molecular weight excluding hydrogens is 198 g/mol. The average Bonchev–Trinajstić information content (AvgIpc) is 3.13. The van der Waals surface area contributed by atoms with E-state index in [1.54, 1.807) is 0 Å². The summed E-state index contributed by atoms with van der Waals surface area (Å²) in [4.78, 5) is 4.59. The summed E-state index contributed by atoms with van der Waals surface area (Å²) in [6, 6.07) is 0.701. The maximum atomic E-state index is 4.59. The highest BCUT2D eigenvalue weighted by Crippen LogP contribution is 2.45. The van der Waals surface area contributed by atoms with Crippen LogP contribution in [-0.2, 0) is 6.54 Å². The summed E-state index contributed by atoms with van der Waals surface area (Å²) in [5.74, 6) is 2.94. The molecule has 0 bridgehead atoms. The molecule has 0 saturated heterocycles. The van der Waals surface area contributed by atoms with Crippen LogP contribution in [0.25, 0.3) is 0 Å². The lowest BCUT2D eigenvalue weighted by molar-refractivity contribution is 0.557. The highest BCUT2D eigenvalue weighted by atomic mass is 15.2. The Morgan fingerprint density at radius 2 is 2.00 bits per heavy atom. The second kappa shape index (κ2) is 3.79. The number of hydrogen-bond donors (Lipinski definition) is 1. The molecule has 0 aliphatic heterocycles. The van der Waals surface area contributed by atoms with E-state index in [0.29, 0.717) is 6.04 Å². The molecule has 0 aromatic carbocycles. The zero-order valence-corrected chi connectivity index (χ0v) is 10.2. The van der Waals surface area contributed by atoms with Gasteiger partial charge < -0.3 is 9.88 Å². The van der Waals surface area contributed by atoms with Gasteiger partial charge in [0.2, 0.25) is 5.95 Å². The summed E-state index contributed by atoms with van der Waals surface area (Å²) >= 11 is 0. The van der Waals surface area contributed by atoms with Crippen molar-refractivity contribution in [2.45, 2.75) is 52.1 Å². The van der Waals surface area contributed by atoms with Crippen LogP contribution in [0, 0.1) is 18.8 Å². The second-order valence-corrected chi connectivity index (χ2v) is 5.34. The van der Waals surface area contributed by atoms with Crippen LogP contribution in [0.15, 0.2) is 6.20 Å².